The van der Waals surface area contributed by atoms with Crippen LogP contribution < -0.4 is 29.6 Å². The van der Waals surface area contributed by atoms with Crippen LogP contribution in [0.1, 0.15) is 13.8 Å². The molecule has 0 radical (unpaired) electrons. The second-order valence-electron chi connectivity index (χ2n) is 1.72. The summed E-state index contributed by atoms with van der Waals surface area (Å²) in [5.74, 6) is -0.514. The van der Waals surface area contributed by atoms with Crippen molar-refractivity contribution in [2.45, 2.75) is 13.8 Å². The molecule has 1 N–H and O–H groups in total. The third kappa shape index (κ3) is 32.3. The Morgan fingerprint density at radius 1 is 1.08 bits per heavy atom. The Labute approximate surface area is 101 Å². The zero-order valence-corrected chi connectivity index (χ0v) is 11.4. The maximum atomic E-state index is 9.56. The fraction of sp³-hybridized carbons (Fsp3) is 1.00. The van der Waals surface area contributed by atoms with Gasteiger partial charge >= 0.3 is 29.6 Å². The van der Waals surface area contributed by atoms with Crippen LogP contribution >= 0.6 is 0 Å². The molecular formula is C4H11NaO6S2. The molecule has 13 heavy (non-hydrogen) atoms. The van der Waals surface area contributed by atoms with Crippen molar-refractivity contribution < 1.29 is 55.5 Å². The quantitative estimate of drug-likeness (QED) is 0.396. The minimum Gasteiger partial charge on any atom is -0.748 e. The molecule has 0 amide bonds. The monoisotopic (exact) mass is 242 g/mol. The molecule has 0 aromatic carbocycles. The maximum absolute atomic E-state index is 9.56. The first-order valence-corrected chi connectivity index (χ1v) is 6.19. The van der Waals surface area contributed by atoms with E-state index in [2.05, 4.69) is 0 Å². The zero-order valence-electron chi connectivity index (χ0n) is 7.72. The molecule has 0 rings (SSSR count). The van der Waals surface area contributed by atoms with Gasteiger partial charge in [0.15, 0.2) is 0 Å². The molecular weight excluding hydrogens is 231 g/mol. The van der Waals surface area contributed by atoms with Crippen LogP contribution in [0.15, 0.2) is 0 Å². The van der Waals surface area contributed by atoms with Crippen LogP contribution in [0.4, 0.5) is 0 Å². The van der Waals surface area contributed by atoms with Gasteiger partial charge in [0, 0.05) is 5.75 Å². The SMILES string of the molecule is CCS(=O)(=O)O.CCS(=O)(=O)[O-].[Na+]. The Morgan fingerprint density at radius 2 is 1.23 bits per heavy atom. The Kier molecular flexibility index (Phi) is 12.2. The molecule has 0 aromatic heterocycles. The standard InChI is InChI=1S/2C2H6O3S.Na/c2*1-2-6(3,4)5;/h2*2H2,1H3,(H,3,4,5);/q;;+1/p-1. The van der Waals surface area contributed by atoms with E-state index in [4.69, 9.17) is 4.55 Å². The molecule has 6 nitrogen and oxygen atoms in total. The summed E-state index contributed by atoms with van der Waals surface area (Å²) in [6, 6.07) is 0. The van der Waals surface area contributed by atoms with Crippen LogP contribution in [-0.4, -0.2) is 37.4 Å². The Balaban J connectivity index is -0.000000143. The number of hydrogen-bond acceptors (Lipinski definition) is 5. The van der Waals surface area contributed by atoms with Crippen LogP contribution in [-0.2, 0) is 20.2 Å². The van der Waals surface area contributed by atoms with Gasteiger partial charge in [-0.05, 0) is 6.92 Å². The topological polar surface area (TPSA) is 112 Å². The molecule has 0 fully saturated rings. The molecule has 0 bridgehead atoms. The van der Waals surface area contributed by atoms with E-state index in [-0.39, 0.29) is 41.1 Å². The van der Waals surface area contributed by atoms with Gasteiger partial charge in [-0.25, -0.2) is 8.42 Å². The first kappa shape index (κ1) is 19.4. The van der Waals surface area contributed by atoms with Crippen molar-refractivity contribution in [1.82, 2.24) is 0 Å². The van der Waals surface area contributed by atoms with E-state index >= 15 is 0 Å². The van der Waals surface area contributed by atoms with E-state index in [0.29, 0.717) is 0 Å². The van der Waals surface area contributed by atoms with Gasteiger partial charge in [-0.2, -0.15) is 8.42 Å². The van der Waals surface area contributed by atoms with Gasteiger partial charge in [0.2, 0.25) is 0 Å². The van der Waals surface area contributed by atoms with Crippen molar-refractivity contribution in [3.8, 4) is 0 Å². The number of hydrogen-bond donors (Lipinski definition) is 1. The number of rotatable bonds is 2. The molecule has 76 valence electrons. The van der Waals surface area contributed by atoms with Crippen molar-refractivity contribution in [3.63, 3.8) is 0 Å². The summed E-state index contributed by atoms with van der Waals surface area (Å²) in [4.78, 5) is 0. The van der Waals surface area contributed by atoms with E-state index in [1.165, 1.54) is 13.8 Å². The Morgan fingerprint density at radius 3 is 1.23 bits per heavy atom. The maximum Gasteiger partial charge on any atom is 1.00 e. The predicted octanol–water partition coefficient (Wildman–Crippen LogP) is -3.55. The van der Waals surface area contributed by atoms with Crippen molar-refractivity contribution in [2.75, 3.05) is 11.5 Å². The van der Waals surface area contributed by atoms with Crippen LogP contribution in [0.25, 0.3) is 0 Å². The van der Waals surface area contributed by atoms with E-state index in [0.717, 1.165) is 0 Å². The van der Waals surface area contributed by atoms with Gasteiger partial charge in [0.25, 0.3) is 10.1 Å². The third-order valence-electron chi connectivity index (χ3n) is 0.718. The minimum atomic E-state index is -3.91. The molecule has 0 unspecified atom stereocenters. The van der Waals surface area contributed by atoms with Gasteiger partial charge < -0.3 is 4.55 Å². The van der Waals surface area contributed by atoms with Crippen molar-refractivity contribution in [2.24, 2.45) is 0 Å². The molecule has 0 aromatic rings. The fourth-order valence-corrected chi connectivity index (χ4v) is 0. The molecule has 0 spiro atoms. The normalized spacial score (nSPS) is 10.8. The first-order valence-electron chi connectivity index (χ1n) is 3.01. The minimum absolute atomic E-state index is 0. The average Bonchev–Trinajstić information content (AvgIpc) is 1.86. The predicted molar refractivity (Wildman–Crippen MR) is 42.3 cm³/mol. The average molecular weight is 242 g/mol. The summed E-state index contributed by atoms with van der Waals surface area (Å²) in [6.07, 6.45) is 0. The second kappa shape index (κ2) is 8.16. The second-order valence-corrected chi connectivity index (χ2v) is 5.15. The molecule has 0 heterocycles. The van der Waals surface area contributed by atoms with E-state index in [1.54, 1.807) is 0 Å². The van der Waals surface area contributed by atoms with Crippen molar-refractivity contribution in [3.05, 3.63) is 0 Å². The van der Waals surface area contributed by atoms with Crippen molar-refractivity contribution in [1.29, 1.82) is 0 Å². The van der Waals surface area contributed by atoms with Crippen LogP contribution in [0, 0.1) is 0 Å². The molecule has 0 aliphatic heterocycles. The van der Waals surface area contributed by atoms with E-state index in [9.17, 15) is 21.4 Å². The largest absolute Gasteiger partial charge is 1.00 e. The summed E-state index contributed by atoms with van der Waals surface area (Å²) in [7, 11) is -7.57. The van der Waals surface area contributed by atoms with Gasteiger partial charge in [-0.1, -0.05) is 6.92 Å². The van der Waals surface area contributed by atoms with E-state index in [1.807, 2.05) is 0 Å². The molecule has 0 saturated carbocycles. The van der Waals surface area contributed by atoms with E-state index < -0.39 is 20.2 Å². The fourth-order valence-electron chi connectivity index (χ4n) is 0. The van der Waals surface area contributed by atoms with Crippen LogP contribution in [0.5, 0.6) is 0 Å². The zero-order chi connectivity index (χ0) is 10.4. The molecule has 0 aliphatic carbocycles. The van der Waals surface area contributed by atoms with Crippen molar-refractivity contribution >= 4 is 20.2 Å². The van der Waals surface area contributed by atoms with Gasteiger partial charge in [-0.3, -0.25) is 4.55 Å². The van der Waals surface area contributed by atoms with Crippen LogP contribution in [0.3, 0.4) is 0 Å². The summed E-state index contributed by atoms with van der Waals surface area (Å²) in [5, 5.41) is 0. The smallest absolute Gasteiger partial charge is 0.748 e. The third-order valence-corrected chi connectivity index (χ3v) is 2.16. The van der Waals surface area contributed by atoms with Gasteiger partial charge in [-0.15, -0.1) is 0 Å². The van der Waals surface area contributed by atoms with Gasteiger partial charge in [0.1, 0.15) is 0 Å². The summed E-state index contributed by atoms with van der Waals surface area (Å²) in [6.45, 7) is 2.68. The van der Waals surface area contributed by atoms with Crippen LogP contribution in [0.2, 0.25) is 0 Å². The Hall–Kier alpha value is 0.820. The summed E-state index contributed by atoms with van der Waals surface area (Å²) in [5.41, 5.74) is 0. The molecule has 0 atom stereocenters. The molecule has 0 saturated heterocycles. The summed E-state index contributed by atoms with van der Waals surface area (Å²) < 4.78 is 55.2. The summed E-state index contributed by atoms with van der Waals surface area (Å²) >= 11 is 0. The first-order chi connectivity index (χ1) is 5.12. The van der Waals surface area contributed by atoms with Gasteiger partial charge in [0.05, 0.1) is 15.9 Å². The Bertz CT molecular complexity index is 259. The molecule has 0 aliphatic rings. The molecule has 9 heteroatoms.